The maximum absolute atomic E-state index is 13.1. The van der Waals surface area contributed by atoms with Crippen LogP contribution in [0.15, 0.2) is 42.2 Å². The Morgan fingerprint density at radius 2 is 1.71 bits per heavy atom. The van der Waals surface area contributed by atoms with Gasteiger partial charge in [-0.15, -0.1) is 0 Å². The number of carbonyl (C=O) groups is 1. The van der Waals surface area contributed by atoms with Gasteiger partial charge in [-0.25, -0.2) is 0 Å². The van der Waals surface area contributed by atoms with Crippen molar-refractivity contribution >= 4 is 23.0 Å². The highest BCUT2D eigenvalue weighted by molar-refractivity contribution is 6.31. The maximum Gasteiger partial charge on any atom is 0.198 e. The van der Waals surface area contributed by atoms with E-state index in [0.29, 0.717) is 5.57 Å². The second-order valence-electron chi connectivity index (χ2n) is 8.31. The van der Waals surface area contributed by atoms with Gasteiger partial charge in [0.25, 0.3) is 0 Å². The summed E-state index contributed by atoms with van der Waals surface area (Å²) >= 11 is 6.29. The average Bonchev–Trinajstić information content (AvgIpc) is 2.62. The van der Waals surface area contributed by atoms with Crippen LogP contribution in [0.25, 0.3) is 16.7 Å². The molecule has 0 spiro atoms. The maximum atomic E-state index is 13.1. The molecule has 0 unspecified atom stereocenters. The van der Waals surface area contributed by atoms with Crippen molar-refractivity contribution in [2.45, 2.75) is 59.2 Å². The van der Waals surface area contributed by atoms with E-state index in [4.69, 9.17) is 16.3 Å². The molecular weight excluding hydrogens is 372 g/mol. The van der Waals surface area contributed by atoms with Crippen LogP contribution in [-0.4, -0.2) is 22.1 Å². The number of aliphatic hydroxyl groups is 1. The van der Waals surface area contributed by atoms with Gasteiger partial charge >= 0.3 is 0 Å². The van der Waals surface area contributed by atoms with Gasteiger partial charge < -0.3 is 9.84 Å². The van der Waals surface area contributed by atoms with Crippen LogP contribution in [0.5, 0.6) is 0 Å². The van der Waals surface area contributed by atoms with E-state index >= 15 is 0 Å². The Labute approximate surface area is 172 Å². The van der Waals surface area contributed by atoms with Gasteiger partial charge in [-0.1, -0.05) is 48.9 Å². The molecule has 0 saturated heterocycles. The molecule has 0 amide bonds. The van der Waals surface area contributed by atoms with Crippen molar-refractivity contribution in [2.24, 2.45) is 0 Å². The monoisotopic (exact) mass is 398 g/mol. The summed E-state index contributed by atoms with van der Waals surface area (Å²) in [5, 5.41) is 11.6. The molecule has 1 heterocycles. The van der Waals surface area contributed by atoms with Crippen molar-refractivity contribution in [3.8, 4) is 11.1 Å². The summed E-state index contributed by atoms with van der Waals surface area (Å²) in [6.07, 6.45) is 0.731. The lowest BCUT2D eigenvalue weighted by Gasteiger charge is -2.40. The number of Topliss-reactive ketones (excluding diaryl/α,β-unsaturated/α-hetero) is 1. The van der Waals surface area contributed by atoms with Crippen LogP contribution in [-0.2, 0) is 16.0 Å². The standard InChI is InChI=1S/C24H27ClO3/c1-7-15-13-16(17-9-8-10-19(25)14(17)2)11-12-18(15)20-21(26)23(3,4)28-24(5,6)22(20)27/h8-13,26H,7H2,1-6H3. The van der Waals surface area contributed by atoms with Crippen LogP contribution in [0.2, 0.25) is 5.02 Å². The van der Waals surface area contributed by atoms with Crippen molar-refractivity contribution < 1.29 is 14.6 Å². The highest BCUT2D eigenvalue weighted by atomic mass is 35.5. The Hall–Kier alpha value is -2.10. The molecule has 0 fully saturated rings. The van der Waals surface area contributed by atoms with E-state index in [-0.39, 0.29) is 11.5 Å². The summed E-state index contributed by atoms with van der Waals surface area (Å²) in [4.78, 5) is 13.1. The lowest BCUT2D eigenvalue weighted by Crippen LogP contribution is -2.49. The van der Waals surface area contributed by atoms with Crippen LogP contribution in [0.3, 0.4) is 0 Å². The number of rotatable bonds is 3. The first kappa shape index (κ1) is 20.6. The summed E-state index contributed by atoms with van der Waals surface area (Å²) in [5.41, 5.74) is 3.30. The van der Waals surface area contributed by atoms with E-state index in [1.165, 1.54) is 0 Å². The normalized spacial score (nSPS) is 18.5. The van der Waals surface area contributed by atoms with Crippen LogP contribution < -0.4 is 0 Å². The summed E-state index contributed by atoms with van der Waals surface area (Å²) < 4.78 is 5.86. The molecule has 0 saturated carbocycles. The van der Waals surface area contributed by atoms with Gasteiger partial charge in [0.1, 0.15) is 17.0 Å². The first-order valence-corrected chi connectivity index (χ1v) is 9.95. The Balaban J connectivity index is 2.21. The number of benzene rings is 2. The fourth-order valence-corrected chi connectivity index (χ4v) is 4.08. The van der Waals surface area contributed by atoms with Crippen molar-refractivity contribution in [2.75, 3.05) is 0 Å². The Morgan fingerprint density at radius 1 is 1.04 bits per heavy atom. The van der Waals surface area contributed by atoms with Gasteiger partial charge in [-0.2, -0.15) is 0 Å². The minimum atomic E-state index is -1.00. The van der Waals surface area contributed by atoms with Crippen molar-refractivity contribution in [1.29, 1.82) is 0 Å². The van der Waals surface area contributed by atoms with Gasteiger partial charge in [0.05, 0.1) is 5.57 Å². The minimum absolute atomic E-state index is 0.0155. The number of aryl methyl sites for hydroxylation is 1. The smallest absolute Gasteiger partial charge is 0.198 e. The van der Waals surface area contributed by atoms with E-state index in [1.807, 2.05) is 44.2 Å². The van der Waals surface area contributed by atoms with E-state index in [0.717, 1.165) is 39.3 Å². The topological polar surface area (TPSA) is 46.5 Å². The highest BCUT2D eigenvalue weighted by Crippen LogP contribution is 2.41. The van der Waals surface area contributed by atoms with Gasteiger partial charge in [-0.3, -0.25) is 4.79 Å². The molecule has 0 atom stereocenters. The number of ether oxygens (including phenoxy) is 1. The highest BCUT2D eigenvalue weighted by Gasteiger charge is 2.47. The predicted octanol–water partition coefficient (Wildman–Crippen LogP) is 6.30. The minimum Gasteiger partial charge on any atom is -0.508 e. The molecule has 148 valence electrons. The fourth-order valence-electron chi connectivity index (χ4n) is 3.91. The van der Waals surface area contributed by atoms with Crippen molar-refractivity contribution in [1.82, 2.24) is 0 Å². The Morgan fingerprint density at radius 3 is 2.36 bits per heavy atom. The number of halogens is 1. The molecular formula is C24H27ClO3. The first-order chi connectivity index (χ1) is 13.0. The molecule has 3 nitrogen and oxygen atoms in total. The largest absolute Gasteiger partial charge is 0.508 e. The van der Waals surface area contributed by atoms with Crippen LogP contribution in [0.1, 0.15) is 51.3 Å². The number of ketones is 1. The van der Waals surface area contributed by atoms with Gasteiger partial charge in [0.15, 0.2) is 5.78 Å². The quantitative estimate of drug-likeness (QED) is 0.659. The average molecular weight is 399 g/mol. The number of carbonyl (C=O) groups excluding carboxylic acids is 1. The molecule has 4 heteroatoms. The van der Waals surface area contributed by atoms with E-state index in [9.17, 15) is 9.90 Å². The predicted molar refractivity (Wildman–Crippen MR) is 115 cm³/mol. The van der Waals surface area contributed by atoms with Crippen molar-refractivity contribution in [3.63, 3.8) is 0 Å². The third kappa shape index (κ3) is 3.38. The van der Waals surface area contributed by atoms with Crippen molar-refractivity contribution in [3.05, 3.63) is 63.9 Å². The zero-order chi connectivity index (χ0) is 20.9. The van der Waals surface area contributed by atoms with E-state index in [1.54, 1.807) is 27.7 Å². The van der Waals surface area contributed by atoms with Crippen LogP contribution >= 0.6 is 11.6 Å². The molecule has 2 aromatic carbocycles. The van der Waals surface area contributed by atoms with Gasteiger partial charge in [-0.05, 0) is 74.9 Å². The lowest BCUT2D eigenvalue weighted by molar-refractivity contribution is -0.158. The first-order valence-electron chi connectivity index (χ1n) is 9.57. The third-order valence-corrected chi connectivity index (χ3v) is 5.83. The third-order valence-electron chi connectivity index (χ3n) is 5.43. The molecule has 28 heavy (non-hydrogen) atoms. The zero-order valence-electron chi connectivity index (χ0n) is 17.3. The molecule has 3 rings (SSSR count). The summed E-state index contributed by atoms with van der Waals surface area (Å²) in [6, 6.07) is 11.8. The summed E-state index contributed by atoms with van der Waals surface area (Å²) in [6.45, 7) is 11.1. The number of hydrogen-bond donors (Lipinski definition) is 1. The molecule has 0 radical (unpaired) electrons. The number of aliphatic hydroxyl groups excluding tert-OH is 1. The lowest BCUT2D eigenvalue weighted by atomic mass is 9.81. The molecule has 1 aliphatic heterocycles. The zero-order valence-corrected chi connectivity index (χ0v) is 18.1. The molecule has 0 aliphatic carbocycles. The fraction of sp³-hybridized carbons (Fsp3) is 0.375. The van der Waals surface area contributed by atoms with Gasteiger partial charge in [0.2, 0.25) is 0 Å². The van der Waals surface area contributed by atoms with E-state index in [2.05, 4.69) is 6.07 Å². The summed E-state index contributed by atoms with van der Waals surface area (Å²) in [7, 11) is 0. The van der Waals surface area contributed by atoms with E-state index < -0.39 is 11.2 Å². The second-order valence-corrected chi connectivity index (χ2v) is 8.72. The number of hydrogen-bond acceptors (Lipinski definition) is 3. The van der Waals surface area contributed by atoms with Crippen LogP contribution in [0.4, 0.5) is 0 Å². The second kappa shape index (κ2) is 7.06. The molecule has 1 aliphatic rings. The van der Waals surface area contributed by atoms with Gasteiger partial charge in [0, 0.05) is 5.02 Å². The molecule has 2 aromatic rings. The molecule has 0 aromatic heterocycles. The molecule has 1 N–H and O–H groups in total. The Bertz CT molecular complexity index is 983. The Kier molecular flexibility index (Phi) is 5.20. The molecule has 0 bridgehead atoms. The summed E-state index contributed by atoms with van der Waals surface area (Å²) in [5.74, 6) is -0.219. The van der Waals surface area contributed by atoms with Crippen LogP contribution in [0, 0.1) is 6.92 Å². The SMILES string of the molecule is CCc1cc(-c2cccc(Cl)c2C)ccc1C1=C(O)C(C)(C)OC(C)(C)C1=O.